The minimum Gasteiger partial charge on any atom is -0.481 e. The Morgan fingerprint density at radius 3 is 2.57 bits per heavy atom. The number of imidazole rings is 1. The number of fused-ring (bicyclic) bond motifs is 1. The quantitative estimate of drug-likeness (QED) is 0.430. The van der Waals surface area contributed by atoms with Crippen LogP contribution in [0.2, 0.25) is 0 Å². The number of hydrogen-bond donors (Lipinski definition) is 5. The maximum absolute atomic E-state index is 11.2. The third-order valence-electron chi connectivity index (χ3n) is 3.48. The maximum Gasteiger partial charge on any atom is 0.309 e. The van der Waals surface area contributed by atoms with E-state index in [1.54, 1.807) is 0 Å². The molecule has 1 amide bonds. The third kappa shape index (κ3) is 2.75. The van der Waals surface area contributed by atoms with Crippen LogP contribution in [0.1, 0.15) is 30.5 Å². The number of carboxylic acids is 1. The predicted molar refractivity (Wildman–Crippen MR) is 68.3 cm³/mol. The summed E-state index contributed by atoms with van der Waals surface area (Å²) in [5.74, 6) is -1.31. The standard InChI is InChI=1S/C12H17N3O6/c1-5(17)14-9-11(21)10(20)7(4-16)15-6(2-8(18)19)3-13-12(9)15/h3,7,9-11,16,20-21H,2,4H2,1H3,(H,14,17)(H,18,19). The molecule has 1 aliphatic rings. The number of aliphatic hydroxyl groups is 3. The fraction of sp³-hybridized carbons (Fsp3) is 0.583. The van der Waals surface area contributed by atoms with Gasteiger partial charge < -0.3 is 30.3 Å². The van der Waals surface area contributed by atoms with E-state index in [4.69, 9.17) is 5.11 Å². The van der Waals surface area contributed by atoms with Gasteiger partial charge in [-0.15, -0.1) is 0 Å². The number of amides is 1. The number of carbonyl (C=O) groups excluding carboxylic acids is 1. The van der Waals surface area contributed by atoms with E-state index >= 15 is 0 Å². The topological polar surface area (TPSA) is 145 Å². The average Bonchev–Trinajstić information content (AvgIpc) is 2.78. The molecule has 0 saturated heterocycles. The van der Waals surface area contributed by atoms with Crippen molar-refractivity contribution in [1.82, 2.24) is 14.9 Å². The minimum atomic E-state index is -1.36. The van der Waals surface area contributed by atoms with Gasteiger partial charge in [0, 0.05) is 18.8 Å². The van der Waals surface area contributed by atoms with Crippen molar-refractivity contribution in [2.24, 2.45) is 0 Å². The number of nitrogens with one attached hydrogen (secondary N) is 1. The molecule has 9 heteroatoms. The van der Waals surface area contributed by atoms with Crippen LogP contribution in [-0.2, 0) is 16.0 Å². The lowest BCUT2D eigenvalue weighted by Gasteiger charge is -2.38. The molecular weight excluding hydrogens is 282 g/mol. The molecule has 0 saturated carbocycles. The molecule has 1 aliphatic heterocycles. The lowest BCUT2D eigenvalue weighted by molar-refractivity contribution is -0.136. The summed E-state index contributed by atoms with van der Waals surface area (Å²) in [5, 5.41) is 40.9. The highest BCUT2D eigenvalue weighted by atomic mass is 16.4. The van der Waals surface area contributed by atoms with Crippen LogP contribution in [0.25, 0.3) is 0 Å². The van der Waals surface area contributed by atoms with Crippen molar-refractivity contribution in [3.05, 3.63) is 17.7 Å². The van der Waals surface area contributed by atoms with Gasteiger partial charge >= 0.3 is 5.97 Å². The summed E-state index contributed by atoms with van der Waals surface area (Å²) in [7, 11) is 0. The molecule has 0 fully saturated rings. The monoisotopic (exact) mass is 299 g/mol. The number of hydrogen-bond acceptors (Lipinski definition) is 6. The van der Waals surface area contributed by atoms with Gasteiger partial charge in [-0.05, 0) is 0 Å². The summed E-state index contributed by atoms with van der Waals surface area (Å²) in [6, 6.07) is -1.89. The van der Waals surface area contributed by atoms with Crippen molar-refractivity contribution in [1.29, 1.82) is 0 Å². The minimum absolute atomic E-state index is 0.207. The Labute approximate surface area is 119 Å². The Morgan fingerprint density at radius 2 is 2.05 bits per heavy atom. The Bertz CT molecular complexity index is 557. The highest BCUT2D eigenvalue weighted by Gasteiger charge is 2.43. The smallest absolute Gasteiger partial charge is 0.309 e. The van der Waals surface area contributed by atoms with Gasteiger partial charge in [-0.1, -0.05) is 0 Å². The Hall–Kier alpha value is -1.97. The van der Waals surface area contributed by atoms with E-state index in [2.05, 4.69) is 10.3 Å². The Kier molecular flexibility index (Phi) is 4.26. The van der Waals surface area contributed by atoms with Crippen LogP contribution in [0.4, 0.5) is 0 Å². The number of aliphatic hydroxyl groups excluding tert-OH is 3. The first-order valence-corrected chi connectivity index (χ1v) is 6.38. The molecule has 0 radical (unpaired) electrons. The summed E-state index contributed by atoms with van der Waals surface area (Å²) >= 11 is 0. The zero-order valence-electron chi connectivity index (χ0n) is 11.3. The van der Waals surface area contributed by atoms with Crippen LogP contribution in [0.15, 0.2) is 6.20 Å². The van der Waals surface area contributed by atoms with Gasteiger partial charge in [0.15, 0.2) is 0 Å². The summed E-state index contributed by atoms with van der Waals surface area (Å²) in [6.45, 7) is 0.754. The molecular formula is C12H17N3O6. The highest BCUT2D eigenvalue weighted by Crippen LogP contribution is 2.33. The molecule has 5 N–H and O–H groups in total. The summed E-state index contributed by atoms with van der Waals surface area (Å²) in [4.78, 5) is 26.1. The van der Waals surface area contributed by atoms with Crippen LogP contribution < -0.4 is 5.32 Å². The van der Waals surface area contributed by atoms with E-state index < -0.39 is 42.8 Å². The van der Waals surface area contributed by atoms with Gasteiger partial charge in [-0.25, -0.2) is 4.98 Å². The number of nitrogens with zero attached hydrogens (tertiary/aromatic N) is 2. The lowest BCUT2D eigenvalue weighted by atomic mass is 9.93. The van der Waals surface area contributed by atoms with Crippen LogP contribution in [0.3, 0.4) is 0 Å². The van der Waals surface area contributed by atoms with Crippen LogP contribution >= 0.6 is 0 Å². The molecule has 1 aromatic rings. The zero-order valence-corrected chi connectivity index (χ0v) is 11.3. The highest BCUT2D eigenvalue weighted by molar-refractivity contribution is 5.73. The van der Waals surface area contributed by atoms with Gasteiger partial charge in [0.1, 0.15) is 24.1 Å². The van der Waals surface area contributed by atoms with Crippen LogP contribution in [0, 0.1) is 0 Å². The van der Waals surface area contributed by atoms with E-state index in [0.717, 1.165) is 0 Å². The van der Waals surface area contributed by atoms with Gasteiger partial charge in [-0.2, -0.15) is 0 Å². The predicted octanol–water partition coefficient (Wildman–Crippen LogP) is -2.04. The SMILES string of the molecule is CC(=O)NC1c2ncc(CC(=O)O)n2C(CO)C(O)C1O. The van der Waals surface area contributed by atoms with Crippen molar-refractivity contribution in [3.63, 3.8) is 0 Å². The van der Waals surface area contributed by atoms with Gasteiger partial charge in [0.2, 0.25) is 5.91 Å². The number of aliphatic carboxylic acids is 1. The van der Waals surface area contributed by atoms with Gasteiger partial charge in [-0.3, -0.25) is 9.59 Å². The fourth-order valence-corrected chi connectivity index (χ4v) is 2.60. The molecule has 0 aromatic carbocycles. The lowest BCUT2D eigenvalue weighted by Crippen LogP contribution is -2.51. The Morgan fingerprint density at radius 1 is 1.38 bits per heavy atom. The summed E-state index contributed by atoms with van der Waals surface area (Å²) < 4.78 is 1.37. The fourth-order valence-electron chi connectivity index (χ4n) is 2.60. The molecule has 21 heavy (non-hydrogen) atoms. The number of rotatable bonds is 4. The number of carbonyl (C=O) groups is 2. The van der Waals surface area contributed by atoms with Gasteiger partial charge in [0.25, 0.3) is 0 Å². The second kappa shape index (κ2) is 5.80. The zero-order chi connectivity index (χ0) is 15.7. The van der Waals surface area contributed by atoms with Crippen LogP contribution in [-0.4, -0.2) is 60.7 Å². The summed E-state index contributed by atoms with van der Waals surface area (Å²) in [5.41, 5.74) is 0.276. The van der Waals surface area contributed by atoms with Crippen molar-refractivity contribution in [2.45, 2.75) is 37.6 Å². The van der Waals surface area contributed by atoms with E-state index in [0.29, 0.717) is 0 Å². The molecule has 2 rings (SSSR count). The van der Waals surface area contributed by atoms with Crippen molar-refractivity contribution >= 4 is 11.9 Å². The van der Waals surface area contributed by atoms with Gasteiger partial charge in [0.05, 0.1) is 19.1 Å². The van der Waals surface area contributed by atoms with E-state index in [1.807, 2.05) is 0 Å². The Balaban J connectivity index is 2.49. The molecule has 0 aliphatic carbocycles. The van der Waals surface area contributed by atoms with Crippen molar-refractivity contribution in [2.75, 3.05) is 6.61 Å². The maximum atomic E-state index is 11.2. The molecule has 4 unspecified atom stereocenters. The average molecular weight is 299 g/mol. The third-order valence-corrected chi connectivity index (χ3v) is 3.48. The summed E-state index contributed by atoms with van der Waals surface area (Å²) in [6.07, 6.45) is -1.76. The van der Waals surface area contributed by atoms with E-state index in [-0.39, 0.29) is 17.9 Å². The second-order valence-corrected chi connectivity index (χ2v) is 4.96. The molecule has 1 aromatic heterocycles. The molecule has 2 heterocycles. The van der Waals surface area contributed by atoms with Crippen molar-refractivity contribution in [3.8, 4) is 0 Å². The molecule has 0 spiro atoms. The van der Waals surface area contributed by atoms with E-state index in [9.17, 15) is 24.9 Å². The van der Waals surface area contributed by atoms with Crippen LogP contribution in [0.5, 0.6) is 0 Å². The molecule has 9 nitrogen and oxygen atoms in total. The number of aromatic nitrogens is 2. The molecule has 0 bridgehead atoms. The second-order valence-electron chi connectivity index (χ2n) is 4.96. The van der Waals surface area contributed by atoms with Crippen molar-refractivity contribution < 1.29 is 30.0 Å². The first-order valence-electron chi connectivity index (χ1n) is 6.38. The normalized spacial score (nSPS) is 28.0. The molecule has 4 atom stereocenters. The first-order chi connectivity index (χ1) is 9.86. The number of carboxylic acid groups (broad SMARTS) is 1. The first kappa shape index (κ1) is 15.4. The molecule has 116 valence electrons. The largest absolute Gasteiger partial charge is 0.481 e. The van der Waals surface area contributed by atoms with E-state index in [1.165, 1.54) is 17.7 Å².